The third kappa shape index (κ3) is 6.68. The zero-order chi connectivity index (χ0) is 21.3. The fourth-order valence-electron chi connectivity index (χ4n) is 2.76. The molecule has 0 aromatic heterocycles. The Hall–Kier alpha value is -3.28. The van der Waals surface area contributed by atoms with Gasteiger partial charge in [-0.25, -0.2) is 4.39 Å². The van der Waals surface area contributed by atoms with E-state index in [9.17, 15) is 9.18 Å². The molecule has 0 bridgehead atoms. The van der Waals surface area contributed by atoms with Crippen molar-refractivity contribution in [2.45, 2.75) is 32.6 Å². The number of hydrazone groups is 1. The van der Waals surface area contributed by atoms with E-state index in [1.807, 2.05) is 45.1 Å². The molecule has 0 radical (unpaired) electrons. The molecule has 0 heterocycles. The van der Waals surface area contributed by atoms with Crippen LogP contribution in [0.25, 0.3) is 0 Å². The predicted octanol–water partition coefficient (Wildman–Crippen LogP) is 3.95. The van der Waals surface area contributed by atoms with Crippen molar-refractivity contribution in [2.24, 2.45) is 15.8 Å². The van der Waals surface area contributed by atoms with Gasteiger partial charge in [0.05, 0.1) is 5.71 Å². The maximum Gasteiger partial charge on any atom is 0.248 e. The first-order valence-corrected chi connectivity index (χ1v) is 9.42. The van der Waals surface area contributed by atoms with Crippen LogP contribution >= 0.6 is 0 Å². The van der Waals surface area contributed by atoms with Crippen molar-refractivity contribution in [3.63, 3.8) is 0 Å². The van der Waals surface area contributed by atoms with Crippen LogP contribution in [0.1, 0.15) is 32.8 Å². The fraction of sp³-hybridized carbons (Fsp3) is 0.261. The number of halogens is 1. The lowest BCUT2D eigenvalue weighted by atomic mass is 9.85. The quantitative estimate of drug-likeness (QED) is 0.398. The van der Waals surface area contributed by atoms with E-state index in [4.69, 9.17) is 5.73 Å². The Morgan fingerprint density at radius 1 is 1.28 bits per heavy atom. The molecule has 6 heteroatoms. The van der Waals surface area contributed by atoms with Crippen LogP contribution in [0, 0.1) is 5.82 Å². The molecule has 152 valence electrons. The van der Waals surface area contributed by atoms with Crippen LogP contribution < -0.4 is 11.2 Å². The minimum atomic E-state index is -0.469. The van der Waals surface area contributed by atoms with E-state index in [0.717, 1.165) is 11.1 Å². The third-order valence-corrected chi connectivity index (χ3v) is 4.43. The first-order chi connectivity index (χ1) is 13.8. The molecule has 0 spiro atoms. The van der Waals surface area contributed by atoms with Gasteiger partial charge in [-0.3, -0.25) is 15.2 Å². The molecule has 1 aromatic rings. The zero-order valence-electron chi connectivity index (χ0n) is 17.0. The molecule has 29 heavy (non-hydrogen) atoms. The normalized spacial score (nSPS) is 15.4. The number of primary amides is 1. The highest BCUT2D eigenvalue weighted by Crippen LogP contribution is 2.23. The van der Waals surface area contributed by atoms with Crippen molar-refractivity contribution in [2.75, 3.05) is 6.54 Å². The number of hydrogen-bond donors (Lipinski definition) is 2. The van der Waals surface area contributed by atoms with Gasteiger partial charge in [0, 0.05) is 23.1 Å². The number of allylic oxidation sites excluding steroid dienone is 6. The van der Waals surface area contributed by atoms with Gasteiger partial charge in [-0.2, -0.15) is 5.10 Å². The Labute approximate surface area is 171 Å². The summed E-state index contributed by atoms with van der Waals surface area (Å²) in [5, 5.41) is 4.36. The number of nitrogens with zero attached hydrogens (tertiary/aromatic N) is 2. The number of carbonyl (C=O) groups is 1. The molecule has 0 saturated carbocycles. The second-order valence-corrected chi connectivity index (χ2v) is 7.25. The van der Waals surface area contributed by atoms with Gasteiger partial charge < -0.3 is 5.73 Å². The summed E-state index contributed by atoms with van der Waals surface area (Å²) in [5.74, 6) is -0.722. The van der Waals surface area contributed by atoms with Crippen molar-refractivity contribution in [3.8, 4) is 0 Å². The number of rotatable bonds is 8. The molecule has 0 unspecified atom stereocenters. The molecular weight excluding hydrogens is 367 g/mol. The molecule has 0 saturated heterocycles. The van der Waals surface area contributed by atoms with E-state index in [2.05, 4.69) is 15.5 Å². The van der Waals surface area contributed by atoms with Gasteiger partial charge in [0.2, 0.25) is 5.91 Å². The van der Waals surface area contributed by atoms with Crippen LogP contribution in [0.5, 0.6) is 0 Å². The van der Waals surface area contributed by atoms with Crippen molar-refractivity contribution in [3.05, 3.63) is 83.2 Å². The first-order valence-electron chi connectivity index (χ1n) is 9.42. The smallest absolute Gasteiger partial charge is 0.248 e. The van der Waals surface area contributed by atoms with E-state index in [-0.39, 0.29) is 11.2 Å². The summed E-state index contributed by atoms with van der Waals surface area (Å²) in [6.07, 6.45) is 13.2. The van der Waals surface area contributed by atoms with E-state index in [0.29, 0.717) is 24.3 Å². The summed E-state index contributed by atoms with van der Waals surface area (Å²) in [6.45, 7) is 6.49. The van der Waals surface area contributed by atoms with E-state index in [1.54, 1.807) is 24.3 Å². The second kappa shape index (κ2) is 10.3. The molecule has 1 aliphatic carbocycles. The van der Waals surface area contributed by atoms with Crippen molar-refractivity contribution in [1.29, 1.82) is 0 Å². The molecule has 2 rings (SSSR count). The van der Waals surface area contributed by atoms with Gasteiger partial charge in [0.25, 0.3) is 0 Å². The van der Waals surface area contributed by atoms with Crippen LogP contribution in [-0.4, -0.2) is 24.5 Å². The number of nitrogens with two attached hydrogens (primary N) is 1. The number of nitrogens with one attached hydrogen (secondary N) is 1. The van der Waals surface area contributed by atoms with Gasteiger partial charge in [-0.05, 0) is 43.2 Å². The highest BCUT2D eigenvalue weighted by molar-refractivity contribution is 6.12. The Kier molecular flexibility index (Phi) is 7.83. The Bertz CT molecular complexity index is 903. The predicted molar refractivity (Wildman–Crippen MR) is 117 cm³/mol. The van der Waals surface area contributed by atoms with E-state index >= 15 is 0 Å². The molecular formula is C23H27FN4O. The summed E-state index contributed by atoms with van der Waals surface area (Å²) in [6, 6.07) is 6.45. The van der Waals surface area contributed by atoms with Gasteiger partial charge in [0.1, 0.15) is 12.2 Å². The average molecular weight is 394 g/mol. The van der Waals surface area contributed by atoms with Gasteiger partial charge in [0.15, 0.2) is 0 Å². The summed E-state index contributed by atoms with van der Waals surface area (Å²) in [5.41, 5.74) is 10.9. The monoisotopic (exact) mass is 394 g/mol. The molecule has 0 aliphatic heterocycles. The largest absolute Gasteiger partial charge is 0.366 e. The number of hydrogen-bond acceptors (Lipinski definition) is 3. The SMILES string of the molecule is C/C=C\C(=N/NC=NCC(C)(C)c1ccc(F)cc1)C1=CC(C(N)=O)=CCC=C1. The highest BCUT2D eigenvalue weighted by Gasteiger charge is 2.19. The molecule has 5 nitrogen and oxygen atoms in total. The van der Waals surface area contributed by atoms with Crippen LogP contribution in [0.4, 0.5) is 4.39 Å². The Balaban J connectivity index is 2.08. The summed E-state index contributed by atoms with van der Waals surface area (Å²) >= 11 is 0. The number of amides is 1. The summed E-state index contributed by atoms with van der Waals surface area (Å²) in [4.78, 5) is 15.9. The molecule has 0 atom stereocenters. The average Bonchev–Trinajstić information content (AvgIpc) is 2.93. The molecule has 1 aromatic carbocycles. The maximum absolute atomic E-state index is 13.1. The lowest BCUT2D eigenvalue weighted by molar-refractivity contribution is -0.114. The van der Waals surface area contributed by atoms with Crippen LogP contribution in [0.3, 0.4) is 0 Å². The molecule has 3 N–H and O–H groups in total. The fourth-order valence-corrected chi connectivity index (χ4v) is 2.76. The second-order valence-electron chi connectivity index (χ2n) is 7.25. The number of aliphatic imine (C=N–C) groups is 1. The Morgan fingerprint density at radius 3 is 2.66 bits per heavy atom. The summed E-state index contributed by atoms with van der Waals surface area (Å²) < 4.78 is 13.1. The van der Waals surface area contributed by atoms with Crippen LogP contribution in [-0.2, 0) is 10.2 Å². The molecule has 0 fully saturated rings. The standard InChI is InChI=1S/C23H27FN4O/c1-4-7-21(17-8-5-6-9-18(14-17)22(25)29)28-27-16-26-15-23(2,3)19-10-12-20(24)13-11-19/h4-5,7-14,16H,6,15H2,1-3H3,(H2,25,29)(H,26,27)/b7-4-,28-21+. The van der Waals surface area contributed by atoms with Gasteiger partial charge >= 0.3 is 0 Å². The van der Waals surface area contributed by atoms with Crippen LogP contribution in [0.2, 0.25) is 0 Å². The molecule has 1 amide bonds. The zero-order valence-corrected chi connectivity index (χ0v) is 17.0. The van der Waals surface area contributed by atoms with Gasteiger partial charge in [-0.1, -0.05) is 50.3 Å². The van der Waals surface area contributed by atoms with Crippen molar-refractivity contribution < 1.29 is 9.18 Å². The minimum Gasteiger partial charge on any atom is -0.366 e. The van der Waals surface area contributed by atoms with E-state index in [1.165, 1.54) is 18.5 Å². The minimum absolute atomic E-state index is 0.241. The lowest BCUT2D eigenvalue weighted by Gasteiger charge is -2.22. The first kappa shape index (κ1) is 22.0. The molecule has 1 aliphatic rings. The maximum atomic E-state index is 13.1. The Morgan fingerprint density at radius 2 is 2.00 bits per heavy atom. The highest BCUT2D eigenvalue weighted by atomic mass is 19.1. The summed E-state index contributed by atoms with van der Waals surface area (Å²) in [7, 11) is 0. The van der Waals surface area contributed by atoms with Crippen molar-refractivity contribution in [1.82, 2.24) is 5.43 Å². The lowest BCUT2D eigenvalue weighted by Crippen LogP contribution is -2.22. The van der Waals surface area contributed by atoms with E-state index < -0.39 is 5.91 Å². The van der Waals surface area contributed by atoms with Crippen LogP contribution in [0.15, 0.2) is 82.0 Å². The third-order valence-electron chi connectivity index (χ3n) is 4.43. The number of carbonyl (C=O) groups excluding carboxylic acids is 1. The topological polar surface area (TPSA) is 79.8 Å². The van der Waals surface area contributed by atoms with Crippen molar-refractivity contribution >= 4 is 18.0 Å². The van der Waals surface area contributed by atoms with Gasteiger partial charge in [-0.15, -0.1) is 0 Å². The number of benzene rings is 1.